The topological polar surface area (TPSA) is 41.6 Å². The average molecular weight is 367 g/mol. The number of ether oxygens (including phenoxy) is 1. The lowest BCUT2D eigenvalue weighted by molar-refractivity contribution is 0.0950. The highest BCUT2D eigenvalue weighted by atomic mass is 16.5. The Labute approximate surface area is 162 Å². The van der Waals surface area contributed by atoms with Gasteiger partial charge in [0.05, 0.1) is 6.61 Å². The summed E-state index contributed by atoms with van der Waals surface area (Å²) in [7, 11) is 1.66. The van der Waals surface area contributed by atoms with E-state index >= 15 is 0 Å². The average Bonchev–Trinajstić information content (AvgIpc) is 2.96. The van der Waals surface area contributed by atoms with Crippen LogP contribution < -0.4 is 5.32 Å². The largest absolute Gasteiger partial charge is 0.380 e. The fourth-order valence-corrected chi connectivity index (χ4v) is 3.64. The Morgan fingerprint density at radius 3 is 2.44 bits per heavy atom. The van der Waals surface area contributed by atoms with E-state index in [1.165, 1.54) is 44.3 Å². The number of likely N-dealkylation sites (tertiary alicyclic amines) is 1. The van der Waals surface area contributed by atoms with E-state index in [1.807, 2.05) is 24.3 Å². The van der Waals surface area contributed by atoms with E-state index in [0.29, 0.717) is 18.7 Å². The van der Waals surface area contributed by atoms with Crippen LogP contribution in [-0.2, 0) is 24.4 Å². The molecule has 2 aromatic carbocycles. The van der Waals surface area contributed by atoms with Gasteiger partial charge >= 0.3 is 0 Å². The second kappa shape index (κ2) is 10.2. The number of amides is 1. The zero-order valence-corrected chi connectivity index (χ0v) is 16.2. The van der Waals surface area contributed by atoms with Crippen molar-refractivity contribution in [3.8, 4) is 0 Å². The first-order valence-electron chi connectivity index (χ1n) is 9.91. The molecule has 0 aliphatic carbocycles. The molecule has 1 amide bonds. The Morgan fingerprint density at radius 1 is 0.963 bits per heavy atom. The van der Waals surface area contributed by atoms with Crippen molar-refractivity contribution in [1.82, 2.24) is 10.2 Å². The fourth-order valence-electron chi connectivity index (χ4n) is 3.64. The number of nitrogens with zero attached hydrogens (tertiary/aromatic N) is 1. The summed E-state index contributed by atoms with van der Waals surface area (Å²) in [5.74, 6) is -0.0501. The van der Waals surface area contributed by atoms with Gasteiger partial charge in [-0.05, 0) is 54.8 Å². The molecular formula is C23H30N2O2. The van der Waals surface area contributed by atoms with Crippen LogP contribution in [0.1, 0.15) is 52.7 Å². The van der Waals surface area contributed by atoms with E-state index in [2.05, 4.69) is 34.5 Å². The Bertz CT molecular complexity index is 737. The predicted molar refractivity (Wildman–Crippen MR) is 109 cm³/mol. The molecular weight excluding hydrogens is 336 g/mol. The second-order valence-corrected chi connectivity index (χ2v) is 7.33. The van der Waals surface area contributed by atoms with Crippen molar-refractivity contribution in [2.45, 2.75) is 45.4 Å². The van der Waals surface area contributed by atoms with Gasteiger partial charge < -0.3 is 10.1 Å². The van der Waals surface area contributed by atoms with Gasteiger partial charge in [-0.25, -0.2) is 0 Å². The summed E-state index contributed by atoms with van der Waals surface area (Å²) in [6.45, 7) is 4.44. The number of rotatable bonds is 7. The minimum Gasteiger partial charge on any atom is -0.380 e. The van der Waals surface area contributed by atoms with Crippen LogP contribution in [0.25, 0.3) is 0 Å². The number of hydrogen-bond donors (Lipinski definition) is 1. The lowest BCUT2D eigenvalue weighted by Crippen LogP contribution is -2.24. The third kappa shape index (κ3) is 6.19. The molecule has 0 atom stereocenters. The third-order valence-corrected chi connectivity index (χ3v) is 5.05. The highest BCUT2D eigenvalue weighted by molar-refractivity contribution is 5.94. The highest BCUT2D eigenvalue weighted by Crippen LogP contribution is 2.14. The van der Waals surface area contributed by atoms with Crippen molar-refractivity contribution in [2.24, 2.45) is 0 Å². The van der Waals surface area contributed by atoms with Crippen molar-refractivity contribution in [3.05, 3.63) is 70.8 Å². The molecule has 0 spiro atoms. The maximum atomic E-state index is 12.5. The summed E-state index contributed by atoms with van der Waals surface area (Å²) in [6, 6.07) is 16.1. The number of carbonyl (C=O) groups excluding carboxylic acids is 1. The monoisotopic (exact) mass is 366 g/mol. The summed E-state index contributed by atoms with van der Waals surface area (Å²) >= 11 is 0. The van der Waals surface area contributed by atoms with Crippen molar-refractivity contribution >= 4 is 5.91 Å². The molecule has 2 aromatic rings. The summed E-state index contributed by atoms with van der Waals surface area (Å²) in [4.78, 5) is 15.0. The van der Waals surface area contributed by atoms with Crippen molar-refractivity contribution in [3.63, 3.8) is 0 Å². The Hall–Kier alpha value is -2.17. The molecule has 0 bridgehead atoms. The molecule has 3 rings (SSSR count). The molecule has 4 nitrogen and oxygen atoms in total. The van der Waals surface area contributed by atoms with Crippen LogP contribution in [0, 0.1) is 0 Å². The molecule has 1 aliphatic rings. The molecule has 1 heterocycles. The Kier molecular flexibility index (Phi) is 7.43. The summed E-state index contributed by atoms with van der Waals surface area (Å²) in [5, 5.41) is 3.03. The van der Waals surface area contributed by atoms with Crippen LogP contribution >= 0.6 is 0 Å². The van der Waals surface area contributed by atoms with Gasteiger partial charge in [0.1, 0.15) is 0 Å². The van der Waals surface area contributed by atoms with E-state index in [9.17, 15) is 4.79 Å². The predicted octanol–water partition coefficient (Wildman–Crippen LogP) is 4.14. The normalized spacial score (nSPS) is 15.3. The summed E-state index contributed by atoms with van der Waals surface area (Å²) in [5.41, 5.74) is 4.14. The van der Waals surface area contributed by atoms with E-state index in [0.717, 1.165) is 17.7 Å². The quantitative estimate of drug-likeness (QED) is 0.801. The number of carbonyl (C=O) groups is 1. The molecule has 0 unspecified atom stereocenters. The van der Waals surface area contributed by atoms with Gasteiger partial charge in [-0.1, -0.05) is 49.2 Å². The maximum absolute atomic E-state index is 12.5. The van der Waals surface area contributed by atoms with Crippen LogP contribution in [-0.4, -0.2) is 31.0 Å². The molecule has 144 valence electrons. The van der Waals surface area contributed by atoms with E-state index in [4.69, 9.17) is 4.74 Å². The minimum absolute atomic E-state index is 0.0501. The maximum Gasteiger partial charge on any atom is 0.251 e. The first-order valence-corrected chi connectivity index (χ1v) is 9.91. The molecule has 0 saturated carbocycles. The van der Waals surface area contributed by atoms with Crippen molar-refractivity contribution in [2.75, 3.05) is 20.2 Å². The molecule has 1 fully saturated rings. The van der Waals surface area contributed by atoms with Gasteiger partial charge in [-0.15, -0.1) is 0 Å². The van der Waals surface area contributed by atoms with Crippen molar-refractivity contribution in [1.29, 1.82) is 0 Å². The highest BCUT2D eigenvalue weighted by Gasteiger charge is 2.10. The number of nitrogens with one attached hydrogen (secondary N) is 1. The van der Waals surface area contributed by atoms with Crippen LogP contribution in [0.2, 0.25) is 0 Å². The molecule has 0 aromatic heterocycles. The SMILES string of the molecule is COCc1cccc(C(=O)NCc2cccc(CN3CCCCCC3)c2)c1. The minimum atomic E-state index is -0.0501. The van der Waals surface area contributed by atoms with Gasteiger partial charge in [0.2, 0.25) is 0 Å². The first-order chi connectivity index (χ1) is 13.2. The van der Waals surface area contributed by atoms with Gasteiger partial charge in [-0.2, -0.15) is 0 Å². The van der Waals surface area contributed by atoms with E-state index in [1.54, 1.807) is 7.11 Å². The zero-order chi connectivity index (χ0) is 18.9. The van der Waals surface area contributed by atoms with E-state index < -0.39 is 0 Å². The molecule has 1 aliphatic heterocycles. The first kappa shape index (κ1) is 19.6. The summed E-state index contributed by atoms with van der Waals surface area (Å²) < 4.78 is 5.14. The van der Waals surface area contributed by atoms with Crippen LogP contribution in [0.5, 0.6) is 0 Å². The Morgan fingerprint density at radius 2 is 1.67 bits per heavy atom. The van der Waals surface area contributed by atoms with Gasteiger partial charge in [0, 0.05) is 25.8 Å². The second-order valence-electron chi connectivity index (χ2n) is 7.33. The number of benzene rings is 2. The smallest absolute Gasteiger partial charge is 0.251 e. The molecule has 1 saturated heterocycles. The standard InChI is InChI=1S/C23H30N2O2/c1-27-18-21-10-7-11-22(15-21)23(26)24-16-19-8-6-9-20(14-19)17-25-12-4-2-3-5-13-25/h6-11,14-15H,2-5,12-13,16-18H2,1H3,(H,24,26). The van der Waals surface area contributed by atoms with Gasteiger partial charge in [0.25, 0.3) is 5.91 Å². The lowest BCUT2D eigenvalue weighted by Gasteiger charge is -2.20. The molecule has 4 heteroatoms. The lowest BCUT2D eigenvalue weighted by atomic mass is 10.1. The van der Waals surface area contributed by atoms with Crippen molar-refractivity contribution < 1.29 is 9.53 Å². The molecule has 1 N–H and O–H groups in total. The van der Waals surface area contributed by atoms with Crippen LogP contribution in [0.4, 0.5) is 0 Å². The fraction of sp³-hybridized carbons (Fsp3) is 0.435. The van der Waals surface area contributed by atoms with E-state index in [-0.39, 0.29) is 5.91 Å². The zero-order valence-electron chi connectivity index (χ0n) is 16.2. The molecule has 27 heavy (non-hydrogen) atoms. The van der Waals surface area contributed by atoms with Crippen LogP contribution in [0.15, 0.2) is 48.5 Å². The number of hydrogen-bond acceptors (Lipinski definition) is 3. The molecule has 0 radical (unpaired) electrons. The van der Waals surface area contributed by atoms with Crippen LogP contribution in [0.3, 0.4) is 0 Å². The van der Waals surface area contributed by atoms with Gasteiger partial charge in [0.15, 0.2) is 0 Å². The van der Waals surface area contributed by atoms with Gasteiger partial charge in [-0.3, -0.25) is 9.69 Å². The number of methoxy groups -OCH3 is 1. The third-order valence-electron chi connectivity index (χ3n) is 5.05. The Balaban J connectivity index is 1.56. The summed E-state index contributed by atoms with van der Waals surface area (Å²) in [6.07, 6.45) is 5.32.